The molecular weight excluding hydrogens is 388 g/mol. The van der Waals surface area contributed by atoms with Crippen molar-refractivity contribution in [3.05, 3.63) is 77.2 Å². The van der Waals surface area contributed by atoms with Crippen molar-refractivity contribution in [1.82, 2.24) is 9.97 Å². The maximum absolute atomic E-state index is 13.3. The molecule has 5 heteroatoms. The Labute approximate surface area is 182 Å². The molecule has 3 aromatic rings. The first-order chi connectivity index (χ1) is 14.9. The third kappa shape index (κ3) is 4.52. The number of hydrogen-bond donors (Lipinski definition) is 2. The van der Waals surface area contributed by atoms with Crippen molar-refractivity contribution in [3.8, 4) is 11.3 Å². The molecule has 2 N–H and O–H groups in total. The van der Waals surface area contributed by atoms with Crippen molar-refractivity contribution < 1.29 is 14.7 Å². The minimum atomic E-state index is -0.475. The van der Waals surface area contributed by atoms with Gasteiger partial charge >= 0.3 is 0 Å². The molecule has 4 rings (SSSR count). The molecule has 0 aliphatic heterocycles. The third-order valence-electron chi connectivity index (χ3n) is 6.07. The zero-order chi connectivity index (χ0) is 22.0. The number of nitrogens with one attached hydrogen (secondary N) is 1. The molecule has 1 atom stereocenters. The number of carbonyl (C=O) groups is 2. The number of aromatic amines is 1. The topological polar surface area (TPSA) is 83.0 Å². The van der Waals surface area contributed by atoms with Crippen LogP contribution >= 0.6 is 0 Å². The third-order valence-corrected chi connectivity index (χ3v) is 6.07. The van der Waals surface area contributed by atoms with E-state index in [1.54, 1.807) is 12.4 Å². The van der Waals surface area contributed by atoms with Crippen LogP contribution < -0.4 is 0 Å². The molecule has 0 radical (unpaired) electrons. The summed E-state index contributed by atoms with van der Waals surface area (Å²) < 4.78 is 0. The van der Waals surface area contributed by atoms with Crippen LogP contribution in [0.5, 0.6) is 0 Å². The second kappa shape index (κ2) is 8.60. The van der Waals surface area contributed by atoms with Gasteiger partial charge in [0, 0.05) is 61.0 Å². The number of carbonyl (C=O) groups excluding carboxylic acids is 2. The number of hydrogen-bond acceptors (Lipinski definition) is 4. The van der Waals surface area contributed by atoms with Crippen molar-refractivity contribution >= 4 is 11.6 Å². The number of nitrogens with zero attached hydrogens (tertiary/aromatic N) is 1. The van der Waals surface area contributed by atoms with Crippen LogP contribution in [-0.2, 0) is 17.6 Å². The lowest BCUT2D eigenvalue weighted by Crippen LogP contribution is -2.31. The normalized spacial score (nSPS) is 16.2. The monoisotopic (exact) mass is 416 g/mol. The minimum absolute atomic E-state index is 0.0175. The van der Waals surface area contributed by atoms with E-state index in [1.165, 1.54) is 0 Å². The number of aromatic nitrogens is 2. The second-order valence-electron chi connectivity index (χ2n) is 9.22. The molecular formula is C26H28N2O3. The van der Waals surface area contributed by atoms with Gasteiger partial charge in [0.1, 0.15) is 5.78 Å². The molecule has 5 nitrogen and oxygen atoms in total. The number of benzene rings is 1. The number of aliphatic hydroxyl groups excluding tert-OH is 1. The summed E-state index contributed by atoms with van der Waals surface area (Å²) in [5.41, 5.74) is 5.13. The molecule has 0 saturated heterocycles. The van der Waals surface area contributed by atoms with E-state index in [4.69, 9.17) is 0 Å². The van der Waals surface area contributed by atoms with Gasteiger partial charge in [-0.05, 0) is 35.1 Å². The summed E-state index contributed by atoms with van der Waals surface area (Å²) in [6, 6.07) is 14.0. The Kier molecular flexibility index (Phi) is 5.88. The van der Waals surface area contributed by atoms with E-state index in [-0.39, 0.29) is 36.9 Å². The molecule has 1 aliphatic carbocycles. The highest BCUT2D eigenvalue weighted by molar-refractivity contribution is 6.04. The molecule has 0 spiro atoms. The molecule has 160 valence electrons. The van der Waals surface area contributed by atoms with E-state index in [0.29, 0.717) is 12.8 Å². The van der Waals surface area contributed by atoms with Crippen LogP contribution in [0, 0.1) is 11.3 Å². The standard InChI is InChI=1S/C26H28N2O3/c1-26(2,16-29)15-23(31)19-13-21-24(22(30)14-19)20(12-17-6-4-3-5-7-17)25(28-21)18-8-10-27-11-9-18/h3-11,19,28-29H,12-16H2,1-2H3. The number of Topliss-reactive ketones (excluding diaryl/α,β-unsaturated/α-hetero) is 2. The molecule has 0 amide bonds. The first-order valence-corrected chi connectivity index (χ1v) is 10.7. The fraction of sp³-hybridized carbons (Fsp3) is 0.346. The molecule has 31 heavy (non-hydrogen) atoms. The summed E-state index contributed by atoms with van der Waals surface area (Å²) in [6.07, 6.45) is 5.15. The molecule has 2 heterocycles. The number of aliphatic hydroxyl groups is 1. The average Bonchev–Trinajstić information content (AvgIpc) is 3.13. The highest BCUT2D eigenvalue weighted by Gasteiger charge is 2.36. The van der Waals surface area contributed by atoms with E-state index < -0.39 is 5.41 Å². The molecule has 0 fully saturated rings. The average molecular weight is 417 g/mol. The van der Waals surface area contributed by atoms with Crippen molar-refractivity contribution in [1.29, 1.82) is 0 Å². The van der Waals surface area contributed by atoms with Crippen LogP contribution in [-0.4, -0.2) is 33.2 Å². The van der Waals surface area contributed by atoms with Crippen LogP contribution in [0.25, 0.3) is 11.3 Å². The lowest BCUT2D eigenvalue weighted by atomic mass is 9.77. The van der Waals surface area contributed by atoms with Crippen LogP contribution in [0.4, 0.5) is 0 Å². The largest absolute Gasteiger partial charge is 0.396 e. The van der Waals surface area contributed by atoms with E-state index >= 15 is 0 Å². The fourth-order valence-corrected chi connectivity index (χ4v) is 4.37. The smallest absolute Gasteiger partial charge is 0.165 e. The van der Waals surface area contributed by atoms with E-state index in [0.717, 1.165) is 33.6 Å². The number of pyridine rings is 1. The Morgan fingerprint density at radius 2 is 1.84 bits per heavy atom. The lowest BCUT2D eigenvalue weighted by Gasteiger charge is -2.26. The predicted molar refractivity (Wildman–Crippen MR) is 120 cm³/mol. The van der Waals surface area contributed by atoms with Gasteiger partial charge in [0.05, 0.1) is 5.69 Å². The molecule has 1 aromatic carbocycles. The molecule has 2 aromatic heterocycles. The first-order valence-electron chi connectivity index (χ1n) is 10.7. The summed E-state index contributed by atoms with van der Waals surface area (Å²) in [4.78, 5) is 33.7. The van der Waals surface area contributed by atoms with E-state index in [2.05, 4.69) is 22.1 Å². The van der Waals surface area contributed by atoms with Gasteiger partial charge in [0.25, 0.3) is 0 Å². The zero-order valence-corrected chi connectivity index (χ0v) is 18.0. The lowest BCUT2D eigenvalue weighted by molar-refractivity contribution is -0.125. The predicted octanol–water partition coefficient (Wildman–Crippen LogP) is 4.39. The van der Waals surface area contributed by atoms with Crippen LogP contribution in [0.3, 0.4) is 0 Å². The van der Waals surface area contributed by atoms with Crippen molar-refractivity contribution in [2.24, 2.45) is 11.3 Å². The van der Waals surface area contributed by atoms with Gasteiger partial charge in [-0.3, -0.25) is 14.6 Å². The summed E-state index contributed by atoms with van der Waals surface area (Å²) in [5, 5.41) is 9.53. The highest BCUT2D eigenvalue weighted by Crippen LogP contribution is 2.37. The summed E-state index contributed by atoms with van der Waals surface area (Å²) in [6.45, 7) is 3.69. The van der Waals surface area contributed by atoms with E-state index in [1.807, 2.05) is 44.2 Å². The molecule has 1 aliphatic rings. The summed E-state index contributed by atoms with van der Waals surface area (Å²) in [5.74, 6) is -0.286. The van der Waals surface area contributed by atoms with Gasteiger partial charge in [-0.25, -0.2) is 0 Å². The number of fused-ring (bicyclic) bond motifs is 1. The SMILES string of the molecule is CC(C)(CO)CC(=O)C1CC(=O)c2c([nH]c(-c3ccncc3)c2Cc2ccccc2)C1. The van der Waals surface area contributed by atoms with Crippen LogP contribution in [0.1, 0.15) is 53.9 Å². The van der Waals surface area contributed by atoms with Gasteiger partial charge in [-0.2, -0.15) is 0 Å². The quantitative estimate of drug-likeness (QED) is 0.598. The van der Waals surface area contributed by atoms with Crippen molar-refractivity contribution in [2.45, 2.75) is 39.5 Å². The van der Waals surface area contributed by atoms with Crippen molar-refractivity contribution in [3.63, 3.8) is 0 Å². The molecule has 1 unspecified atom stereocenters. The minimum Gasteiger partial charge on any atom is -0.396 e. The number of rotatable bonds is 7. The zero-order valence-electron chi connectivity index (χ0n) is 18.0. The van der Waals surface area contributed by atoms with Crippen molar-refractivity contribution in [2.75, 3.05) is 6.61 Å². The fourth-order valence-electron chi connectivity index (χ4n) is 4.37. The van der Waals surface area contributed by atoms with Gasteiger partial charge in [0.15, 0.2) is 5.78 Å². The van der Waals surface area contributed by atoms with E-state index in [9.17, 15) is 14.7 Å². The molecule has 0 saturated carbocycles. The summed E-state index contributed by atoms with van der Waals surface area (Å²) >= 11 is 0. The van der Waals surface area contributed by atoms with Gasteiger partial charge in [-0.1, -0.05) is 44.2 Å². The van der Waals surface area contributed by atoms with Gasteiger partial charge < -0.3 is 10.1 Å². The van der Waals surface area contributed by atoms with Gasteiger partial charge in [0.2, 0.25) is 0 Å². The Hall–Kier alpha value is -3.05. The Morgan fingerprint density at radius 1 is 1.13 bits per heavy atom. The maximum atomic E-state index is 13.3. The number of ketones is 2. The van der Waals surface area contributed by atoms with Crippen LogP contribution in [0.15, 0.2) is 54.9 Å². The Balaban J connectivity index is 1.72. The highest BCUT2D eigenvalue weighted by atomic mass is 16.3. The van der Waals surface area contributed by atoms with Gasteiger partial charge in [-0.15, -0.1) is 0 Å². The second-order valence-corrected chi connectivity index (χ2v) is 9.22. The van der Waals surface area contributed by atoms with Crippen LogP contribution in [0.2, 0.25) is 0 Å². The molecule has 0 bridgehead atoms. The Morgan fingerprint density at radius 3 is 2.52 bits per heavy atom. The first kappa shape index (κ1) is 21.2. The number of H-pyrrole nitrogens is 1. The maximum Gasteiger partial charge on any atom is 0.165 e. The Bertz CT molecular complexity index is 1080. The summed E-state index contributed by atoms with van der Waals surface area (Å²) in [7, 11) is 0.